The van der Waals surface area contributed by atoms with Crippen LogP contribution in [-0.4, -0.2) is 17.9 Å². The van der Waals surface area contributed by atoms with Crippen LogP contribution in [0.3, 0.4) is 0 Å². The minimum absolute atomic E-state index is 0.668. The number of thiophene rings is 4. The highest BCUT2D eigenvalue weighted by molar-refractivity contribution is 7.29. The minimum atomic E-state index is 0.668. The van der Waals surface area contributed by atoms with Crippen LogP contribution in [0.15, 0.2) is 36.4 Å². The summed E-state index contributed by atoms with van der Waals surface area (Å²) in [5.74, 6) is 1.34. The van der Waals surface area contributed by atoms with E-state index in [1.807, 2.05) is 45.3 Å². The molecule has 0 N–H and O–H groups in total. The lowest BCUT2D eigenvalue weighted by Gasteiger charge is -2.03. The van der Waals surface area contributed by atoms with Crippen LogP contribution >= 0.6 is 57.1 Å². The molecule has 4 nitrogen and oxygen atoms in total. The Hall–Kier alpha value is -2.56. The molecule has 0 aliphatic rings. The fraction of sp³-hybridized carbons (Fsp3) is 0.312. The van der Waals surface area contributed by atoms with Gasteiger partial charge in [0.2, 0.25) is 0 Å². The quantitative estimate of drug-likeness (QED) is 0.183. The van der Waals surface area contributed by atoms with E-state index in [-0.39, 0.29) is 0 Å². The van der Waals surface area contributed by atoms with Crippen molar-refractivity contribution in [2.75, 3.05) is 0 Å². The van der Waals surface area contributed by atoms with Gasteiger partial charge in [-0.3, -0.25) is 0 Å². The number of benzene rings is 1. The fourth-order valence-electron chi connectivity index (χ4n) is 6.07. The Morgan fingerprint density at radius 3 is 1.39 bits per heavy atom. The first kappa shape index (κ1) is 26.1. The largest absolute Gasteiger partial charge is 0.342 e. The van der Waals surface area contributed by atoms with Crippen molar-refractivity contribution in [1.82, 2.24) is 17.9 Å². The first-order chi connectivity index (χ1) is 19.8. The van der Waals surface area contributed by atoms with E-state index in [4.69, 9.17) is 8.75 Å². The summed E-state index contributed by atoms with van der Waals surface area (Å²) in [6.45, 7) is 9.19. The van der Waals surface area contributed by atoms with Gasteiger partial charge in [0.1, 0.15) is 11.0 Å². The number of hydrogen-bond acceptors (Lipinski definition) is 7. The van der Waals surface area contributed by atoms with Gasteiger partial charge in [0.15, 0.2) is 0 Å². The van der Waals surface area contributed by atoms with Gasteiger partial charge in [0.25, 0.3) is 0 Å². The van der Waals surface area contributed by atoms with Crippen LogP contribution in [-0.2, 0) is 26.9 Å². The highest BCUT2D eigenvalue weighted by Gasteiger charge is 2.22. The second-order valence-corrected chi connectivity index (χ2v) is 16.8. The topological polar surface area (TPSA) is 35.6 Å². The molecule has 41 heavy (non-hydrogen) atoms. The molecule has 0 unspecified atom stereocenters. The second-order valence-electron chi connectivity index (χ2n) is 11.9. The highest BCUT2D eigenvalue weighted by Crippen LogP contribution is 2.47. The van der Waals surface area contributed by atoms with Gasteiger partial charge in [0, 0.05) is 44.7 Å². The molecule has 0 amide bonds. The molecule has 0 atom stereocenters. The molecular weight excluding hydrogens is 601 g/mol. The van der Waals surface area contributed by atoms with Crippen LogP contribution in [0.25, 0.3) is 72.8 Å². The molecule has 1 aromatic carbocycles. The SMILES string of the molecule is CC(C)Cc1cc2c(s1)c1sc(-c3ccc(-c4cc5c(s4)c4sc(CC(C)C)cc4n5C)c4nsnc34)cc1n2C. The summed E-state index contributed by atoms with van der Waals surface area (Å²) in [4.78, 5) is 5.49. The van der Waals surface area contributed by atoms with Crippen LogP contribution in [0.1, 0.15) is 37.4 Å². The van der Waals surface area contributed by atoms with Crippen molar-refractivity contribution >= 4 is 109 Å². The molecule has 0 fully saturated rings. The highest BCUT2D eigenvalue weighted by atomic mass is 32.1. The van der Waals surface area contributed by atoms with Gasteiger partial charge in [-0.15, -0.1) is 45.3 Å². The predicted molar refractivity (Wildman–Crippen MR) is 185 cm³/mol. The Bertz CT molecular complexity index is 2100. The van der Waals surface area contributed by atoms with E-state index in [1.54, 1.807) is 0 Å². The summed E-state index contributed by atoms with van der Waals surface area (Å²) < 4.78 is 20.0. The van der Waals surface area contributed by atoms with Crippen LogP contribution in [0.4, 0.5) is 0 Å². The van der Waals surface area contributed by atoms with E-state index < -0.39 is 0 Å². The summed E-state index contributed by atoms with van der Waals surface area (Å²) in [5, 5.41) is 0. The van der Waals surface area contributed by atoms with Crippen LogP contribution in [0.2, 0.25) is 0 Å². The van der Waals surface area contributed by atoms with Crippen molar-refractivity contribution in [2.24, 2.45) is 25.9 Å². The van der Waals surface area contributed by atoms with E-state index in [0.717, 1.165) is 23.9 Å². The van der Waals surface area contributed by atoms with Crippen LogP contribution < -0.4 is 0 Å². The first-order valence-electron chi connectivity index (χ1n) is 14.0. The average molecular weight is 631 g/mol. The Labute approximate surface area is 258 Å². The lowest BCUT2D eigenvalue weighted by molar-refractivity contribution is 0.654. The maximum atomic E-state index is 4.83. The van der Waals surface area contributed by atoms with Crippen molar-refractivity contribution in [3.8, 4) is 20.9 Å². The van der Waals surface area contributed by atoms with Crippen molar-refractivity contribution in [3.63, 3.8) is 0 Å². The summed E-state index contributed by atoms with van der Waals surface area (Å²) in [6, 6.07) is 14.0. The predicted octanol–water partition coefficient (Wildman–Crippen LogP) is 11.0. The molecule has 0 bridgehead atoms. The Morgan fingerprint density at radius 1 is 0.585 bits per heavy atom. The zero-order valence-electron chi connectivity index (χ0n) is 23.9. The Kier molecular flexibility index (Phi) is 6.03. The monoisotopic (exact) mass is 630 g/mol. The van der Waals surface area contributed by atoms with E-state index in [2.05, 4.69) is 87.3 Å². The number of aromatic nitrogens is 4. The van der Waals surface area contributed by atoms with Crippen molar-refractivity contribution in [2.45, 2.75) is 40.5 Å². The fourth-order valence-corrected chi connectivity index (χ4v) is 12.2. The number of hydrogen-bond donors (Lipinski definition) is 0. The van der Waals surface area contributed by atoms with Gasteiger partial charge in [-0.1, -0.05) is 39.8 Å². The standard InChI is InChI=1S/C32H30N4S5/c1-15(2)9-17-11-21-29(37-17)31-23(35(21)5)13-25(39-31)19-7-8-20(28-27(19)33-41-34-28)26-14-24-32(40-26)30-22(36(24)6)12-18(38-30)10-16(3)4/h7-8,11-16H,9-10H2,1-6H3. The number of aryl methyl sites for hydroxylation is 2. The zero-order chi connectivity index (χ0) is 28.2. The van der Waals surface area contributed by atoms with Gasteiger partial charge in [-0.25, -0.2) is 0 Å². The molecule has 7 heterocycles. The number of fused-ring (bicyclic) bond motifs is 7. The van der Waals surface area contributed by atoms with Crippen molar-refractivity contribution < 1.29 is 0 Å². The van der Waals surface area contributed by atoms with E-state index in [9.17, 15) is 0 Å². The molecule has 7 aromatic heterocycles. The van der Waals surface area contributed by atoms with E-state index in [0.29, 0.717) is 11.8 Å². The Morgan fingerprint density at radius 2 is 0.976 bits per heavy atom. The zero-order valence-corrected chi connectivity index (χ0v) is 27.9. The van der Waals surface area contributed by atoms with Gasteiger partial charge in [-0.05, 0) is 48.9 Å². The van der Waals surface area contributed by atoms with Crippen molar-refractivity contribution in [1.29, 1.82) is 0 Å². The van der Waals surface area contributed by atoms with Gasteiger partial charge in [0.05, 0.1) is 52.6 Å². The molecule has 9 heteroatoms. The number of nitrogens with zero attached hydrogens (tertiary/aromatic N) is 4. The molecular formula is C32H30N4S5. The smallest absolute Gasteiger partial charge is 0.114 e. The summed E-state index contributed by atoms with van der Waals surface area (Å²) in [6.07, 6.45) is 2.28. The third-order valence-electron chi connectivity index (χ3n) is 7.98. The molecule has 0 saturated heterocycles. The van der Waals surface area contributed by atoms with Gasteiger partial charge < -0.3 is 9.13 Å². The maximum absolute atomic E-state index is 4.83. The van der Waals surface area contributed by atoms with Crippen LogP contribution in [0.5, 0.6) is 0 Å². The molecule has 8 aromatic rings. The van der Waals surface area contributed by atoms with Gasteiger partial charge >= 0.3 is 0 Å². The lowest BCUT2D eigenvalue weighted by atomic mass is 10.1. The molecule has 8 rings (SSSR count). The normalized spacial score (nSPS) is 12.8. The molecule has 0 saturated carbocycles. The first-order valence-corrected chi connectivity index (χ1v) is 18.0. The Balaban J connectivity index is 1.23. The lowest BCUT2D eigenvalue weighted by Crippen LogP contribution is -1.90. The summed E-state index contributed by atoms with van der Waals surface area (Å²) >= 11 is 9.03. The molecule has 0 aliphatic heterocycles. The summed E-state index contributed by atoms with van der Waals surface area (Å²) in [7, 11) is 4.40. The molecule has 208 valence electrons. The summed E-state index contributed by atoms with van der Waals surface area (Å²) in [5.41, 5.74) is 9.73. The second kappa shape index (κ2) is 9.47. The van der Waals surface area contributed by atoms with E-state index >= 15 is 0 Å². The average Bonchev–Trinajstić information content (AvgIpc) is 3.74. The van der Waals surface area contributed by atoms with Crippen molar-refractivity contribution in [3.05, 3.63) is 46.2 Å². The third-order valence-corrected chi connectivity index (χ3v) is 13.4. The molecule has 0 aliphatic carbocycles. The third kappa shape index (κ3) is 4.00. The van der Waals surface area contributed by atoms with Gasteiger partial charge in [-0.2, -0.15) is 8.75 Å². The minimum Gasteiger partial charge on any atom is -0.342 e. The molecule has 0 radical (unpaired) electrons. The van der Waals surface area contributed by atoms with Crippen LogP contribution in [0, 0.1) is 11.8 Å². The number of rotatable bonds is 6. The molecule has 0 spiro atoms. The van der Waals surface area contributed by atoms with E-state index in [1.165, 1.54) is 83.2 Å². The maximum Gasteiger partial charge on any atom is 0.114 e.